The zero-order valence-corrected chi connectivity index (χ0v) is 14.3. The fraction of sp³-hybridized carbons (Fsp3) is 0.417. The molecular weight excluding hydrogens is 339 g/mol. The van der Waals surface area contributed by atoms with E-state index in [4.69, 9.17) is 41.2 Å². The molecule has 4 nitrogen and oxygen atoms in total. The van der Waals surface area contributed by atoms with Gasteiger partial charge in [-0.2, -0.15) is 4.31 Å². The van der Waals surface area contributed by atoms with Crippen LogP contribution in [-0.2, 0) is 10.0 Å². The van der Waals surface area contributed by atoms with E-state index in [0.717, 1.165) is 0 Å². The van der Waals surface area contributed by atoms with Crippen molar-refractivity contribution >= 4 is 50.4 Å². The molecule has 0 aromatic heterocycles. The molecule has 0 spiro atoms. The number of hydrogen-bond donors (Lipinski definition) is 1. The van der Waals surface area contributed by atoms with Gasteiger partial charge in [0.2, 0.25) is 10.0 Å². The van der Waals surface area contributed by atoms with Crippen molar-refractivity contribution in [3.05, 3.63) is 28.2 Å². The predicted octanol–water partition coefficient (Wildman–Crippen LogP) is 3.07. The maximum absolute atomic E-state index is 12.6. The molecule has 1 aromatic carbocycles. The number of sulfonamides is 1. The first-order chi connectivity index (χ1) is 9.14. The van der Waals surface area contributed by atoms with Gasteiger partial charge in [-0.3, -0.25) is 0 Å². The molecule has 0 saturated carbocycles. The van der Waals surface area contributed by atoms with E-state index in [9.17, 15) is 8.42 Å². The van der Waals surface area contributed by atoms with Gasteiger partial charge >= 0.3 is 0 Å². The minimum Gasteiger partial charge on any atom is -0.393 e. The summed E-state index contributed by atoms with van der Waals surface area (Å²) in [6.45, 7) is 3.78. The van der Waals surface area contributed by atoms with Crippen molar-refractivity contribution in [1.29, 1.82) is 0 Å². The summed E-state index contributed by atoms with van der Waals surface area (Å²) in [6.07, 6.45) is 0.320. The molecule has 0 aliphatic rings. The van der Waals surface area contributed by atoms with Crippen molar-refractivity contribution in [3.8, 4) is 0 Å². The highest BCUT2D eigenvalue weighted by Crippen LogP contribution is 2.25. The molecule has 0 heterocycles. The lowest BCUT2D eigenvalue weighted by Gasteiger charge is -2.26. The van der Waals surface area contributed by atoms with Gasteiger partial charge in [-0.25, -0.2) is 8.42 Å². The largest absolute Gasteiger partial charge is 0.393 e. The van der Waals surface area contributed by atoms with Crippen LogP contribution >= 0.6 is 35.4 Å². The van der Waals surface area contributed by atoms with Crippen molar-refractivity contribution in [2.24, 2.45) is 5.73 Å². The van der Waals surface area contributed by atoms with Crippen molar-refractivity contribution in [2.75, 3.05) is 6.54 Å². The van der Waals surface area contributed by atoms with Gasteiger partial charge in [0.15, 0.2) is 0 Å². The highest BCUT2D eigenvalue weighted by molar-refractivity contribution is 7.89. The molecule has 0 amide bonds. The van der Waals surface area contributed by atoms with E-state index < -0.39 is 10.0 Å². The Hall–Kier alpha value is -0.400. The van der Waals surface area contributed by atoms with Crippen molar-refractivity contribution in [3.63, 3.8) is 0 Å². The first-order valence-corrected chi connectivity index (χ1v) is 8.51. The van der Waals surface area contributed by atoms with E-state index >= 15 is 0 Å². The van der Waals surface area contributed by atoms with E-state index in [1.54, 1.807) is 13.8 Å². The molecule has 0 atom stereocenters. The molecule has 112 valence electrons. The number of thiocarbonyl (C=S) groups is 1. The summed E-state index contributed by atoms with van der Waals surface area (Å²) < 4.78 is 26.6. The van der Waals surface area contributed by atoms with Crippen molar-refractivity contribution < 1.29 is 8.42 Å². The third-order valence-corrected chi connectivity index (χ3v) is 5.29. The van der Waals surface area contributed by atoms with Gasteiger partial charge in [0.1, 0.15) is 0 Å². The van der Waals surface area contributed by atoms with Gasteiger partial charge in [-0.05, 0) is 32.0 Å². The van der Waals surface area contributed by atoms with Gasteiger partial charge in [0.05, 0.1) is 9.88 Å². The van der Waals surface area contributed by atoms with E-state index in [0.29, 0.717) is 6.42 Å². The van der Waals surface area contributed by atoms with Crippen LogP contribution < -0.4 is 5.73 Å². The summed E-state index contributed by atoms with van der Waals surface area (Å²) in [5.74, 6) is 0. The lowest BCUT2D eigenvalue weighted by atomic mass is 10.3. The average Bonchev–Trinajstić information content (AvgIpc) is 2.26. The molecule has 0 aliphatic heterocycles. The summed E-state index contributed by atoms with van der Waals surface area (Å²) in [6, 6.07) is 4.00. The second kappa shape index (κ2) is 7.04. The van der Waals surface area contributed by atoms with Crippen LogP contribution in [0.1, 0.15) is 20.3 Å². The third kappa shape index (κ3) is 4.56. The molecule has 8 heteroatoms. The van der Waals surface area contributed by atoms with E-state index in [-0.39, 0.29) is 32.5 Å². The topological polar surface area (TPSA) is 63.4 Å². The average molecular weight is 355 g/mol. The van der Waals surface area contributed by atoms with Gasteiger partial charge in [-0.1, -0.05) is 35.4 Å². The van der Waals surface area contributed by atoms with Gasteiger partial charge in [-0.15, -0.1) is 0 Å². The Balaban J connectivity index is 3.18. The zero-order valence-electron chi connectivity index (χ0n) is 11.1. The van der Waals surface area contributed by atoms with E-state index in [2.05, 4.69) is 0 Å². The molecule has 0 fully saturated rings. The first kappa shape index (κ1) is 17.7. The maximum atomic E-state index is 12.6. The number of hydrogen-bond acceptors (Lipinski definition) is 3. The minimum absolute atomic E-state index is 0.0617. The molecule has 0 unspecified atom stereocenters. The number of nitrogens with two attached hydrogens (primary N) is 1. The SMILES string of the molecule is CC(C)N(CCC(N)=S)S(=O)(=O)c1cc(Cl)cc(Cl)c1. The summed E-state index contributed by atoms with van der Waals surface area (Å²) in [4.78, 5) is 0.335. The molecular formula is C12H16Cl2N2O2S2. The predicted molar refractivity (Wildman–Crippen MR) is 86.9 cm³/mol. The van der Waals surface area contributed by atoms with Crippen LogP contribution in [-0.4, -0.2) is 30.3 Å². The lowest BCUT2D eigenvalue weighted by molar-refractivity contribution is 0.362. The van der Waals surface area contributed by atoms with E-state index in [1.165, 1.54) is 22.5 Å². The zero-order chi connectivity index (χ0) is 15.5. The molecule has 20 heavy (non-hydrogen) atoms. The van der Waals surface area contributed by atoms with E-state index in [1.807, 2.05) is 0 Å². The normalized spacial score (nSPS) is 12.1. The molecule has 0 saturated heterocycles. The molecule has 0 aliphatic carbocycles. The van der Waals surface area contributed by atoms with Crippen LogP contribution in [0.4, 0.5) is 0 Å². The lowest BCUT2D eigenvalue weighted by Crippen LogP contribution is -2.38. The second-order valence-corrected chi connectivity index (χ2v) is 7.82. The molecule has 2 N–H and O–H groups in total. The van der Waals surface area contributed by atoms with Crippen LogP contribution in [0.2, 0.25) is 10.0 Å². The summed E-state index contributed by atoms with van der Waals surface area (Å²) in [5, 5.41) is 0.545. The summed E-state index contributed by atoms with van der Waals surface area (Å²) in [5.41, 5.74) is 5.44. The fourth-order valence-electron chi connectivity index (χ4n) is 1.69. The second-order valence-electron chi connectivity index (χ2n) is 4.53. The number of nitrogens with zero attached hydrogens (tertiary/aromatic N) is 1. The van der Waals surface area contributed by atoms with Gasteiger partial charge in [0.25, 0.3) is 0 Å². The van der Waals surface area contributed by atoms with Crippen LogP contribution in [0.15, 0.2) is 23.1 Å². The smallest absolute Gasteiger partial charge is 0.243 e. The Morgan fingerprint density at radius 1 is 1.30 bits per heavy atom. The Labute approximate surface area is 134 Å². The first-order valence-electron chi connectivity index (χ1n) is 5.91. The van der Waals surface area contributed by atoms with Gasteiger partial charge < -0.3 is 5.73 Å². The van der Waals surface area contributed by atoms with Crippen LogP contribution in [0, 0.1) is 0 Å². The van der Waals surface area contributed by atoms with Crippen LogP contribution in [0.25, 0.3) is 0 Å². The molecule has 1 rings (SSSR count). The van der Waals surface area contributed by atoms with Crippen molar-refractivity contribution in [1.82, 2.24) is 4.31 Å². The number of halogens is 2. The molecule has 0 radical (unpaired) electrons. The summed E-state index contributed by atoms with van der Waals surface area (Å²) >= 11 is 16.5. The number of benzene rings is 1. The Morgan fingerprint density at radius 3 is 2.20 bits per heavy atom. The minimum atomic E-state index is -3.69. The molecule has 0 bridgehead atoms. The Morgan fingerprint density at radius 2 is 1.80 bits per heavy atom. The Bertz CT molecular complexity index is 583. The van der Waals surface area contributed by atoms with Crippen LogP contribution in [0.5, 0.6) is 0 Å². The maximum Gasteiger partial charge on any atom is 0.243 e. The third-order valence-electron chi connectivity index (χ3n) is 2.60. The van der Waals surface area contributed by atoms with Gasteiger partial charge in [0, 0.05) is 29.1 Å². The standard InChI is InChI=1S/C12H16Cl2N2O2S2/c1-8(2)16(4-3-12(15)19)20(17,18)11-6-9(13)5-10(14)7-11/h5-8H,3-4H2,1-2H3,(H2,15,19). The van der Waals surface area contributed by atoms with Crippen molar-refractivity contribution in [2.45, 2.75) is 31.2 Å². The summed E-state index contributed by atoms with van der Waals surface area (Å²) in [7, 11) is -3.69. The number of rotatable bonds is 6. The van der Waals surface area contributed by atoms with Crippen LogP contribution in [0.3, 0.4) is 0 Å². The Kier molecular flexibility index (Phi) is 6.22. The quantitative estimate of drug-likeness (QED) is 0.797. The monoisotopic (exact) mass is 354 g/mol. The molecule has 1 aromatic rings. The highest BCUT2D eigenvalue weighted by atomic mass is 35.5. The highest BCUT2D eigenvalue weighted by Gasteiger charge is 2.27. The fourth-order valence-corrected chi connectivity index (χ4v) is 4.15.